The quantitative estimate of drug-likeness (QED) is 0.738. The molecule has 2 aliphatic heterocycles. The zero-order valence-corrected chi connectivity index (χ0v) is 17.7. The first-order valence-corrected chi connectivity index (χ1v) is 10.6. The fourth-order valence-corrected chi connectivity index (χ4v) is 5.08. The second-order valence-corrected chi connectivity index (χ2v) is 8.90. The molecule has 1 atom stereocenters. The van der Waals surface area contributed by atoms with Crippen molar-refractivity contribution in [2.75, 3.05) is 26.2 Å². The molecule has 0 saturated carbocycles. The lowest BCUT2D eigenvalue weighted by Gasteiger charge is -2.49. The summed E-state index contributed by atoms with van der Waals surface area (Å²) in [4.78, 5) is 17.1. The average Bonchev–Trinajstić information content (AvgIpc) is 2.93. The van der Waals surface area contributed by atoms with Crippen LogP contribution in [0.2, 0.25) is 0 Å². The van der Waals surface area contributed by atoms with Gasteiger partial charge in [-0.15, -0.1) is 0 Å². The number of amides is 1. The van der Waals surface area contributed by atoms with Gasteiger partial charge in [0.05, 0.1) is 29.9 Å². The number of carbonyl (C=O) groups excluding carboxylic acids is 1. The molecule has 0 radical (unpaired) electrons. The monoisotopic (exact) mass is 396 g/mol. The van der Waals surface area contributed by atoms with Crippen LogP contribution in [0.3, 0.4) is 0 Å². The van der Waals surface area contributed by atoms with Crippen LogP contribution >= 0.6 is 0 Å². The molecule has 1 spiro atoms. The Balaban J connectivity index is 1.79. The Labute approximate surface area is 167 Å². The van der Waals surface area contributed by atoms with E-state index in [0.717, 1.165) is 30.7 Å². The predicted molar refractivity (Wildman–Crippen MR) is 105 cm³/mol. The highest BCUT2D eigenvalue weighted by atomic mass is 19.3. The minimum atomic E-state index is -2.81. The summed E-state index contributed by atoms with van der Waals surface area (Å²) < 4.78 is 31.2. The highest BCUT2D eigenvalue weighted by Crippen LogP contribution is 2.45. The highest BCUT2D eigenvalue weighted by Gasteiger charge is 2.55. The third kappa shape index (κ3) is 4.39. The van der Waals surface area contributed by atoms with Gasteiger partial charge in [-0.2, -0.15) is 5.10 Å². The van der Waals surface area contributed by atoms with Crippen molar-refractivity contribution in [2.45, 2.75) is 65.3 Å². The Morgan fingerprint density at radius 3 is 2.57 bits per heavy atom. The number of halogens is 2. The summed E-state index contributed by atoms with van der Waals surface area (Å²) in [7, 11) is 1.86. The van der Waals surface area contributed by atoms with Crippen LogP contribution in [0.4, 0.5) is 8.78 Å². The normalized spacial score (nSPS) is 25.8. The Morgan fingerprint density at radius 2 is 1.96 bits per heavy atom. The summed E-state index contributed by atoms with van der Waals surface area (Å²) in [5, 5.41) is 4.34. The standard InChI is InChI=1S/C21H34F2N4O/c1-5-17(6-2)11-26-14-20(13-21(22,23)15-26)8-7-9-27(19(20)28)12-18-10-16(3)24-25(18)4/h10,17H,5-9,11-15H2,1-4H3/t20-/m0/s1. The first kappa shape index (κ1) is 21.2. The number of aryl methyl sites for hydroxylation is 2. The Hall–Kier alpha value is -1.50. The summed E-state index contributed by atoms with van der Waals surface area (Å²) >= 11 is 0. The van der Waals surface area contributed by atoms with Crippen molar-refractivity contribution in [3.05, 3.63) is 17.5 Å². The lowest BCUT2D eigenvalue weighted by atomic mass is 9.71. The van der Waals surface area contributed by atoms with Gasteiger partial charge in [-0.1, -0.05) is 26.7 Å². The van der Waals surface area contributed by atoms with Crippen LogP contribution in [0, 0.1) is 18.3 Å². The van der Waals surface area contributed by atoms with E-state index in [2.05, 4.69) is 18.9 Å². The number of carbonyl (C=O) groups is 1. The van der Waals surface area contributed by atoms with Gasteiger partial charge in [0, 0.05) is 33.1 Å². The third-order valence-corrected chi connectivity index (χ3v) is 6.53. The number of likely N-dealkylation sites (tertiary alicyclic amines) is 2. The second kappa shape index (κ2) is 8.09. The van der Waals surface area contributed by atoms with Crippen molar-refractivity contribution < 1.29 is 13.6 Å². The largest absolute Gasteiger partial charge is 0.336 e. The van der Waals surface area contributed by atoms with Crippen molar-refractivity contribution in [2.24, 2.45) is 18.4 Å². The van der Waals surface area contributed by atoms with Gasteiger partial charge < -0.3 is 4.90 Å². The number of nitrogens with zero attached hydrogens (tertiary/aromatic N) is 4. The summed E-state index contributed by atoms with van der Waals surface area (Å²) in [6.45, 7) is 8.08. The van der Waals surface area contributed by atoms with E-state index in [9.17, 15) is 13.6 Å². The minimum Gasteiger partial charge on any atom is -0.336 e. The van der Waals surface area contributed by atoms with Gasteiger partial charge in [0.2, 0.25) is 5.91 Å². The maximum atomic E-state index is 14.7. The third-order valence-electron chi connectivity index (χ3n) is 6.53. The second-order valence-electron chi connectivity index (χ2n) is 8.90. The molecule has 2 saturated heterocycles. The molecule has 0 unspecified atom stereocenters. The molecule has 3 rings (SSSR count). The van der Waals surface area contributed by atoms with E-state index < -0.39 is 11.3 Å². The molecule has 5 nitrogen and oxygen atoms in total. The average molecular weight is 397 g/mol. The van der Waals surface area contributed by atoms with Crippen molar-refractivity contribution in [1.82, 2.24) is 19.6 Å². The van der Waals surface area contributed by atoms with Crippen molar-refractivity contribution in [1.29, 1.82) is 0 Å². The predicted octanol–water partition coefficient (Wildman–Crippen LogP) is 3.61. The zero-order chi connectivity index (χ0) is 20.5. The van der Waals surface area contributed by atoms with E-state index in [4.69, 9.17) is 0 Å². The van der Waals surface area contributed by atoms with Crippen molar-refractivity contribution in [3.8, 4) is 0 Å². The van der Waals surface area contributed by atoms with Gasteiger partial charge in [-0.25, -0.2) is 8.78 Å². The van der Waals surface area contributed by atoms with Crippen LogP contribution in [0.15, 0.2) is 6.07 Å². The molecule has 28 heavy (non-hydrogen) atoms. The summed E-state index contributed by atoms with van der Waals surface area (Å²) in [6, 6.07) is 1.96. The number of hydrogen-bond donors (Lipinski definition) is 0. The lowest BCUT2D eigenvalue weighted by molar-refractivity contribution is -0.171. The Kier molecular flexibility index (Phi) is 6.13. The van der Waals surface area contributed by atoms with E-state index in [1.54, 1.807) is 9.58 Å². The fourth-order valence-electron chi connectivity index (χ4n) is 5.08. The summed E-state index contributed by atoms with van der Waals surface area (Å²) in [6.07, 6.45) is 2.97. The van der Waals surface area contributed by atoms with E-state index in [-0.39, 0.29) is 18.9 Å². The van der Waals surface area contributed by atoms with Crippen LogP contribution in [0.5, 0.6) is 0 Å². The molecule has 1 aromatic heterocycles. The molecule has 0 aromatic carbocycles. The van der Waals surface area contributed by atoms with E-state index >= 15 is 0 Å². The molecule has 1 aromatic rings. The molecule has 0 aliphatic carbocycles. The zero-order valence-electron chi connectivity index (χ0n) is 17.7. The van der Waals surface area contributed by atoms with Crippen LogP contribution in [-0.4, -0.2) is 57.6 Å². The minimum absolute atomic E-state index is 0.105. The Morgan fingerprint density at radius 1 is 1.25 bits per heavy atom. The van der Waals surface area contributed by atoms with Crippen molar-refractivity contribution >= 4 is 5.91 Å². The van der Waals surface area contributed by atoms with Crippen LogP contribution in [-0.2, 0) is 18.4 Å². The molecule has 1 amide bonds. The topological polar surface area (TPSA) is 41.4 Å². The number of piperidine rings is 2. The Bertz CT molecular complexity index is 701. The SMILES string of the molecule is CCC(CC)CN1CC(F)(F)C[C@@]2(CCCN(Cc3cc(C)nn3C)C2=O)C1. The molecule has 158 valence electrons. The van der Waals surface area contributed by atoms with Crippen LogP contribution in [0.1, 0.15) is 57.3 Å². The molecule has 7 heteroatoms. The number of rotatable bonds is 6. The molecule has 0 N–H and O–H groups in total. The first-order valence-electron chi connectivity index (χ1n) is 10.6. The number of alkyl halides is 2. The van der Waals surface area contributed by atoms with Crippen LogP contribution < -0.4 is 0 Å². The van der Waals surface area contributed by atoms with E-state index in [0.29, 0.717) is 38.5 Å². The van der Waals surface area contributed by atoms with Gasteiger partial charge in [-0.3, -0.25) is 14.4 Å². The van der Waals surface area contributed by atoms with Crippen molar-refractivity contribution in [3.63, 3.8) is 0 Å². The highest BCUT2D eigenvalue weighted by molar-refractivity contribution is 5.84. The van der Waals surface area contributed by atoms with Gasteiger partial charge in [0.1, 0.15) is 0 Å². The van der Waals surface area contributed by atoms with Gasteiger partial charge in [0.25, 0.3) is 5.92 Å². The maximum Gasteiger partial charge on any atom is 0.261 e. The van der Waals surface area contributed by atoms with E-state index in [1.807, 2.05) is 24.9 Å². The summed E-state index contributed by atoms with van der Waals surface area (Å²) in [5.74, 6) is -2.52. The number of hydrogen-bond acceptors (Lipinski definition) is 3. The molecule has 3 heterocycles. The molecular weight excluding hydrogens is 362 g/mol. The van der Waals surface area contributed by atoms with Gasteiger partial charge in [0.15, 0.2) is 0 Å². The smallest absolute Gasteiger partial charge is 0.261 e. The molecule has 2 aliphatic rings. The number of aromatic nitrogens is 2. The molecule has 0 bridgehead atoms. The van der Waals surface area contributed by atoms with Gasteiger partial charge in [-0.05, 0) is 31.7 Å². The fraction of sp³-hybridized carbons (Fsp3) is 0.810. The first-order chi connectivity index (χ1) is 13.2. The maximum absolute atomic E-state index is 14.7. The van der Waals surface area contributed by atoms with E-state index in [1.165, 1.54) is 0 Å². The molecule has 2 fully saturated rings. The van der Waals surface area contributed by atoms with Crippen LogP contribution in [0.25, 0.3) is 0 Å². The van der Waals surface area contributed by atoms with Gasteiger partial charge >= 0.3 is 0 Å². The lowest BCUT2D eigenvalue weighted by Crippen LogP contribution is -2.61. The molecular formula is C21H34F2N4O. The summed E-state index contributed by atoms with van der Waals surface area (Å²) in [5.41, 5.74) is 0.885.